The average molecular weight is 289 g/mol. The Hall–Kier alpha value is -2.50. The molecule has 0 bridgehead atoms. The van der Waals surface area contributed by atoms with Crippen molar-refractivity contribution in [3.8, 4) is 11.5 Å². The van der Waals surface area contributed by atoms with Gasteiger partial charge < -0.3 is 15.2 Å². The molecule has 112 valence electrons. The van der Waals surface area contributed by atoms with Crippen LogP contribution in [0.25, 0.3) is 0 Å². The number of rotatable bonds is 5. The van der Waals surface area contributed by atoms with Gasteiger partial charge in [-0.05, 0) is 29.7 Å². The number of methoxy groups -OCH3 is 1. The molecule has 1 aromatic heterocycles. The number of phenols is 1. The number of nitrogens with one attached hydrogen (secondary N) is 2. The first-order valence-electron chi connectivity index (χ1n) is 6.70. The molecule has 0 fully saturated rings. The van der Waals surface area contributed by atoms with Crippen LogP contribution in [0.2, 0.25) is 0 Å². The zero-order chi connectivity index (χ0) is 15.4. The normalized spacial score (nSPS) is 10.7. The first kappa shape index (κ1) is 14.9. The number of nitrogens with zero attached hydrogens (tertiary/aromatic N) is 1. The Bertz CT molecular complexity index is 635. The maximum Gasteiger partial charge on any atom is 0.272 e. The molecule has 0 spiro atoms. The minimum Gasteiger partial charge on any atom is -0.504 e. The molecule has 1 amide bonds. The van der Waals surface area contributed by atoms with E-state index in [4.69, 9.17) is 4.74 Å². The van der Waals surface area contributed by atoms with Crippen molar-refractivity contribution in [1.82, 2.24) is 15.5 Å². The van der Waals surface area contributed by atoms with E-state index in [9.17, 15) is 9.90 Å². The molecule has 2 aromatic rings. The fourth-order valence-electron chi connectivity index (χ4n) is 1.85. The Morgan fingerprint density at radius 1 is 1.43 bits per heavy atom. The third kappa shape index (κ3) is 3.53. The zero-order valence-corrected chi connectivity index (χ0v) is 12.3. The summed E-state index contributed by atoms with van der Waals surface area (Å²) in [4.78, 5) is 12.0. The summed E-state index contributed by atoms with van der Waals surface area (Å²) in [5, 5.41) is 19.1. The molecule has 0 aliphatic rings. The number of H-pyrrole nitrogens is 1. The summed E-state index contributed by atoms with van der Waals surface area (Å²) in [6.45, 7) is 4.38. The number of hydrogen-bond acceptors (Lipinski definition) is 4. The first-order chi connectivity index (χ1) is 10.0. The molecular weight excluding hydrogens is 270 g/mol. The van der Waals surface area contributed by atoms with Gasteiger partial charge in [0.1, 0.15) is 5.69 Å². The summed E-state index contributed by atoms with van der Waals surface area (Å²) in [6.07, 6.45) is 0. The average Bonchev–Trinajstić information content (AvgIpc) is 2.96. The van der Waals surface area contributed by atoms with Crippen molar-refractivity contribution in [3.63, 3.8) is 0 Å². The Morgan fingerprint density at radius 2 is 2.19 bits per heavy atom. The Morgan fingerprint density at radius 3 is 2.81 bits per heavy atom. The highest BCUT2D eigenvalue weighted by Gasteiger charge is 2.12. The molecule has 0 saturated heterocycles. The van der Waals surface area contributed by atoms with Gasteiger partial charge in [-0.3, -0.25) is 9.89 Å². The molecule has 6 nitrogen and oxygen atoms in total. The second kappa shape index (κ2) is 6.30. The van der Waals surface area contributed by atoms with Crippen LogP contribution in [-0.2, 0) is 6.54 Å². The van der Waals surface area contributed by atoms with E-state index in [0.29, 0.717) is 23.9 Å². The van der Waals surface area contributed by atoms with Gasteiger partial charge in [-0.15, -0.1) is 0 Å². The lowest BCUT2D eigenvalue weighted by Crippen LogP contribution is -2.23. The summed E-state index contributed by atoms with van der Waals surface area (Å²) in [6, 6.07) is 6.69. The first-order valence-corrected chi connectivity index (χ1v) is 6.70. The summed E-state index contributed by atoms with van der Waals surface area (Å²) in [5.41, 5.74) is 2.12. The van der Waals surface area contributed by atoms with E-state index in [1.807, 2.05) is 13.8 Å². The van der Waals surface area contributed by atoms with Gasteiger partial charge >= 0.3 is 0 Å². The molecule has 1 aromatic carbocycles. The highest BCUT2D eigenvalue weighted by Crippen LogP contribution is 2.26. The molecule has 0 atom stereocenters. The number of ether oxygens (including phenoxy) is 1. The third-order valence-electron chi connectivity index (χ3n) is 3.15. The molecule has 21 heavy (non-hydrogen) atoms. The SMILES string of the molecule is COc1cc(CNC(=O)c2cc(C(C)C)[nH]n2)ccc1O. The summed E-state index contributed by atoms with van der Waals surface area (Å²) in [7, 11) is 1.48. The van der Waals surface area contributed by atoms with E-state index in [2.05, 4.69) is 15.5 Å². The number of carbonyl (C=O) groups excluding carboxylic acids is 1. The predicted octanol–water partition coefficient (Wildman–Crippen LogP) is 2.18. The van der Waals surface area contributed by atoms with Crippen LogP contribution in [0.5, 0.6) is 11.5 Å². The number of amides is 1. The number of benzene rings is 1. The Labute approximate surface area is 123 Å². The van der Waals surface area contributed by atoms with E-state index in [-0.39, 0.29) is 11.7 Å². The van der Waals surface area contributed by atoms with Crippen LogP contribution in [0.3, 0.4) is 0 Å². The second-order valence-corrected chi connectivity index (χ2v) is 5.05. The second-order valence-electron chi connectivity index (χ2n) is 5.05. The molecule has 6 heteroatoms. The van der Waals surface area contributed by atoms with Crippen molar-refractivity contribution in [3.05, 3.63) is 41.2 Å². The van der Waals surface area contributed by atoms with Gasteiger partial charge in [0, 0.05) is 12.2 Å². The smallest absolute Gasteiger partial charge is 0.272 e. The van der Waals surface area contributed by atoms with Crippen LogP contribution in [0.1, 0.15) is 41.5 Å². The number of aromatic hydroxyl groups is 1. The predicted molar refractivity (Wildman–Crippen MR) is 78.5 cm³/mol. The molecule has 0 aliphatic carbocycles. The highest BCUT2D eigenvalue weighted by atomic mass is 16.5. The molecule has 0 aliphatic heterocycles. The Kier molecular flexibility index (Phi) is 4.47. The van der Waals surface area contributed by atoms with Crippen LogP contribution in [0.4, 0.5) is 0 Å². The number of aromatic amines is 1. The summed E-state index contributed by atoms with van der Waals surface area (Å²) < 4.78 is 5.03. The molecule has 0 radical (unpaired) electrons. The van der Waals surface area contributed by atoms with E-state index >= 15 is 0 Å². The molecule has 3 N–H and O–H groups in total. The quantitative estimate of drug-likeness (QED) is 0.787. The lowest BCUT2D eigenvalue weighted by molar-refractivity contribution is 0.0946. The number of hydrogen-bond donors (Lipinski definition) is 3. The van der Waals surface area contributed by atoms with Crippen LogP contribution >= 0.6 is 0 Å². The van der Waals surface area contributed by atoms with Crippen LogP contribution in [0.15, 0.2) is 24.3 Å². The number of carbonyl (C=O) groups is 1. The van der Waals surface area contributed by atoms with E-state index in [1.165, 1.54) is 13.2 Å². The standard InChI is InChI=1S/C15H19N3O3/c1-9(2)11-7-12(18-17-11)15(20)16-8-10-4-5-13(19)14(6-10)21-3/h4-7,9,19H,8H2,1-3H3,(H,16,20)(H,17,18). The molecular formula is C15H19N3O3. The Balaban J connectivity index is 2.00. The fraction of sp³-hybridized carbons (Fsp3) is 0.333. The topological polar surface area (TPSA) is 87.2 Å². The number of phenolic OH excluding ortho intramolecular Hbond substituents is 1. The van der Waals surface area contributed by atoms with Crippen LogP contribution < -0.4 is 10.1 Å². The van der Waals surface area contributed by atoms with Crippen molar-refractivity contribution in [2.24, 2.45) is 0 Å². The molecule has 2 rings (SSSR count). The summed E-state index contributed by atoms with van der Waals surface area (Å²) >= 11 is 0. The zero-order valence-electron chi connectivity index (χ0n) is 12.3. The largest absolute Gasteiger partial charge is 0.504 e. The van der Waals surface area contributed by atoms with E-state index in [1.54, 1.807) is 18.2 Å². The van der Waals surface area contributed by atoms with E-state index < -0.39 is 0 Å². The van der Waals surface area contributed by atoms with Gasteiger partial charge in [0.15, 0.2) is 11.5 Å². The molecule has 0 unspecified atom stereocenters. The van der Waals surface area contributed by atoms with Crippen molar-refractivity contribution in [1.29, 1.82) is 0 Å². The van der Waals surface area contributed by atoms with Gasteiger partial charge in [-0.1, -0.05) is 19.9 Å². The van der Waals surface area contributed by atoms with Gasteiger partial charge in [0.25, 0.3) is 5.91 Å². The van der Waals surface area contributed by atoms with E-state index in [0.717, 1.165) is 11.3 Å². The van der Waals surface area contributed by atoms with Crippen LogP contribution in [0, 0.1) is 0 Å². The minimum absolute atomic E-state index is 0.0708. The molecule has 0 saturated carbocycles. The number of aromatic nitrogens is 2. The van der Waals surface area contributed by atoms with Gasteiger partial charge in [-0.25, -0.2) is 0 Å². The summed E-state index contributed by atoms with van der Waals surface area (Å²) in [5.74, 6) is 0.496. The maximum atomic E-state index is 12.0. The van der Waals surface area contributed by atoms with Crippen molar-refractivity contribution < 1.29 is 14.6 Å². The lowest BCUT2D eigenvalue weighted by Gasteiger charge is -2.07. The molecule has 1 heterocycles. The fourth-order valence-corrected chi connectivity index (χ4v) is 1.85. The van der Waals surface area contributed by atoms with Gasteiger partial charge in [0.2, 0.25) is 0 Å². The maximum absolute atomic E-state index is 12.0. The highest BCUT2D eigenvalue weighted by molar-refractivity contribution is 5.92. The van der Waals surface area contributed by atoms with Gasteiger partial charge in [0.05, 0.1) is 7.11 Å². The minimum atomic E-state index is -0.245. The van der Waals surface area contributed by atoms with Gasteiger partial charge in [-0.2, -0.15) is 5.10 Å². The van der Waals surface area contributed by atoms with Crippen molar-refractivity contribution in [2.75, 3.05) is 7.11 Å². The van der Waals surface area contributed by atoms with Crippen molar-refractivity contribution >= 4 is 5.91 Å². The monoisotopic (exact) mass is 289 g/mol. The third-order valence-corrected chi connectivity index (χ3v) is 3.15. The lowest BCUT2D eigenvalue weighted by atomic mass is 10.1. The van der Waals surface area contributed by atoms with Crippen molar-refractivity contribution in [2.45, 2.75) is 26.3 Å². The van der Waals surface area contributed by atoms with Crippen LogP contribution in [-0.4, -0.2) is 28.3 Å².